The second-order valence-electron chi connectivity index (χ2n) is 7.50. The number of hydrogen-bond acceptors (Lipinski definition) is 4. The van der Waals surface area contributed by atoms with Crippen LogP contribution in [0.3, 0.4) is 0 Å². The smallest absolute Gasteiger partial charge is 0.345 e. The number of ether oxygens (including phenoxy) is 1. The number of para-hydroxylation sites is 1. The standard InChI is InChI=1S/C22H20BrNO4/c1-13-6-11-16-18(12-13)21(26)24(20(16)25)19-5-3-2-4-17(19)22(27)28-15-9-7-14(23)8-10-15/h2-5,7-10,13,16,18H,6,11-12H2,1H3. The first-order chi connectivity index (χ1) is 13.5. The lowest BCUT2D eigenvalue weighted by Crippen LogP contribution is -2.32. The molecule has 5 nitrogen and oxygen atoms in total. The van der Waals surface area contributed by atoms with E-state index in [1.54, 1.807) is 48.5 Å². The van der Waals surface area contributed by atoms with Crippen molar-refractivity contribution in [1.82, 2.24) is 0 Å². The number of benzene rings is 2. The molecular formula is C22H20BrNO4. The summed E-state index contributed by atoms with van der Waals surface area (Å²) in [5, 5.41) is 0. The summed E-state index contributed by atoms with van der Waals surface area (Å²) in [5.74, 6) is -0.746. The molecule has 1 heterocycles. The number of imide groups is 1. The Morgan fingerprint density at radius 1 is 1.00 bits per heavy atom. The number of carbonyl (C=O) groups excluding carboxylic acids is 3. The SMILES string of the molecule is CC1CCC2C(=O)N(c3ccccc3C(=O)Oc3ccc(Br)cc3)C(=O)C2C1. The van der Waals surface area contributed by atoms with E-state index in [0.29, 0.717) is 17.4 Å². The number of esters is 1. The number of fused-ring (bicyclic) bond motifs is 1. The van der Waals surface area contributed by atoms with Gasteiger partial charge in [0.05, 0.1) is 23.1 Å². The quantitative estimate of drug-likeness (QED) is 0.396. The van der Waals surface area contributed by atoms with E-state index in [1.165, 1.54) is 4.90 Å². The van der Waals surface area contributed by atoms with Gasteiger partial charge in [-0.15, -0.1) is 0 Å². The second-order valence-corrected chi connectivity index (χ2v) is 8.42. The molecule has 4 rings (SSSR count). The number of carbonyl (C=O) groups is 3. The average molecular weight is 442 g/mol. The highest BCUT2D eigenvalue weighted by Gasteiger charge is 2.50. The summed E-state index contributed by atoms with van der Waals surface area (Å²) >= 11 is 3.34. The van der Waals surface area contributed by atoms with E-state index >= 15 is 0 Å². The lowest BCUT2D eigenvalue weighted by Gasteiger charge is -2.25. The summed E-state index contributed by atoms with van der Waals surface area (Å²) in [6.07, 6.45) is 2.39. The number of anilines is 1. The van der Waals surface area contributed by atoms with Crippen molar-refractivity contribution in [3.8, 4) is 5.75 Å². The number of nitrogens with zero attached hydrogens (tertiary/aromatic N) is 1. The number of rotatable bonds is 3. The largest absolute Gasteiger partial charge is 0.423 e. The zero-order valence-electron chi connectivity index (χ0n) is 15.4. The van der Waals surface area contributed by atoms with E-state index < -0.39 is 5.97 Å². The van der Waals surface area contributed by atoms with Crippen molar-refractivity contribution in [1.29, 1.82) is 0 Å². The Kier molecular flexibility index (Phi) is 5.06. The highest BCUT2D eigenvalue weighted by molar-refractivity contribution is 9.10. The van der Waals surface area contributed by atoms with Crippen LogP contribution in [0.25, 0.3) is 0 Å². The van der Waals surface area contributed by atoms with E-state index in [-0.39, 0.29) is 29.2 Å². The van der Waals surface area contributed by atoms with Crippen molar-refractivity contribution in [2.24, 2.45) is 17.8 Å². The van der Waals surface area contributed by atoms with Crippen molar-refractivity contribution in [2.75, 3.05) is 4.90 Å². The molecule has 1 aliphatic heterocycles. The molecule has 0 radical (unpaired) electrons. The first-order valence-electron chi connectivity index (χ1n) is 9.40. The molecule has 2 aromatic rings. The lowest BCUT2D eigenvalue weighted by molar-refractivity contribution is -0.122. The Morgan fingerprint density at radius 2 is 1.68 bits per heavy atom. The van der Waals surface area contributed by atoms with Crippen molar-refractivity contribution in [2.45, 2.75) is 26.2 Å². The normalized spacial score (nSPS) is 24.2. The third-order valence-electron chi connectivity index (χ3n) is 5.58. The van der Waals surface area contributed by atoms with Gasteiger partial charge in [0.25, 0.3) is 0 Å². The maximum Gasteiger partial charge on any atom is 0.345 e. The lowest BCUT2D eigenvalue weighted by atomic mass is 9.76. The highest BCUT2D eigenvalue weighted by Crippen LogP contribution is 2.42. The molecule has 1 aliphatic carbocycles. The Morgan fingerprint density at radius 3 is 2.43 bits per heavy atom. The highest BCUT2D eigenvalue weighted by atomic mass is 79.9. The molecule has 1 saturated heterocycles. The monoisotopic (exact) mass is 441 g/mol. The van der Waals surface area contributed by atoms with E-state index in [1.807, 2.05) is 0 Å². The van der Waals surface area contributed by atoms with Crippen LogP contribution in [0.2, 0.25) is 0 Å². The van der Waals surface area contributed by atoms with Gasteiger partial charge in [0.15, 0.2) is 0 Å². The van der Waals surface area contributed by atoms with E-state index in [0.717, 1.165) is 23.7 Å². The zero-order valence-corrected chi connectivity index (χ0v) is 17.0. The number of halogens is 1. The van der Waals surface area contributed by atoms with Crippen molar-refractivity contribution < 1.29 is 19.1 Å². The van der Waals surface area contributed by atoms with Crippen LogP contribution in [0.1, 0.15) is 36.5 Å². The Bertz CT molecular complexity index is 940. The van der Waals surface area contributed by atoms with Gasteiger partial charge in [-0.1, -0.05) is 35.0 Å². The molecule has 2 aliphatic rings. The minimum Gasteiger partial charge on any atom is -0.423 e. The molecule has 28 heavy (non-hydrogen) atoms. The summed E-state index contributed by atoms with van der Waals surface area (Å²) < 4.78 is 6.33. The minimum atomic E-state index is -0.596. The molecule has 0 bridgehead atoms. The van der Waals surface area contributed by atoms with Crippen LogP contribution in [0, 0.1) is 17.8 Å². The predicted molar refractivity (Wildman–Crippen MR) is 108 cm³/mol. The molecule has 1 saturated carbocycles. The van der Waals surface area contributed by atoms with E-state index in [2.05, 4.69) is 22.9 Å². The van der Waals surface area contributed by atoms with Crippen LogP contribution >= 0.6 is 15.9 Å². The van der Waals surface area contributed by atoms with Crippen molar-refractivity contribution in [3.63, 3.8) is 0 Å². The number of amides is 2. The topological polar surface area (TPSA) is 63.7 Å². The summed E-state index contributed by atoms with van der Waals surface area (Å²) in [5.41, 5.74) is 0.514. The van der Waals surface area contributed by atoms with Gasteiger partial charge in [0.2, 0.25) is 11.8 Å². The fourth-order valence-corrected chi connectivity index (χ4v) is 4.40. The van der Waals surface area contributed by atoms with E-state index in [4.69, 9.17) is 4.74 Å². The third-order valence-corrected chi connectivity index (χ3v) is 6.11. The van der Waals surface area contributed by atoms with Gasteiger partial charge in [-0.05, 0) is 61.6 Å². The molecule has 0 N–H and O–H groups in total. The Labute approximate surface area is 171 Å². The van der Waals surface area contributed by atoms with Gasteiger partial charge in [-0.25, -0.2) is 9.69 Å². The second kappa shape index (κ2) is 7.51. The maximum absolute atomic E-state index is 13.0. The zero-order chi connectivity index (χ0) is 19.8. The van der Waals surface area contributed by atoms with Gasteiger partial charge < -0.3 is 4.74 Å². The summed E-state index contributed by atoms with van der Waals surface area (Å²) in [6, 6.07) is 13.5. The van der Waals surface area contributed by atoms with Crippen molar-refractivity contribution in [3.05, 3.63) is 58.6 Å². The minimum absolute atomic E-state index is 0.203. The van der Waals surface area contributed by atoms with Crippen molar-refractivity contribution >= 4 is 39.4 Å². The van der Waals surface area contributed by atoms with Gasteiger partial charge >= 0.3 is 5.97 Å². The van der Waals surface area contributed by atoms with Gasteiger partial charge in [0.1, 0.15) is 5.75 Å². The Balaban J connectivity index is 1.64. The molecule has 2 fully saturated rings. The molecule has 3 atom stereocenters. The van der Waals surface area contributed by atoms with Gasteiger partial charge in [-0.2, -0.15) is 0 Å². The summed E-state index contributed by atoms with van der Waals surface area (Å²) in [4.78, 5) is 40.0. The van der Waals surface area contributed by atoms with Gasteiger partial charge in [-0.3, -0.25) is 9.59 Å². The van der Waals surface area contributed by atoms with Crippen LogP contribution in [-0.2, 0) is 9.59 Å². The van der Waals surface area contributed by atoms with Gasteiger partial charge in [0, 0.05) is 4.47 Å². The molecular weight excluding hydrogens is 422 g/mol. The fraction of sp³-hybridized carbons (Fsp3) is 0.318. The van der Waals surface area contributed by atoms with Crippen LogP contribution in [0.5, 0.6) is 5.75 Å². The molecule has 0 aromatic heterocycles. The fourth-order valence-electron chi connectivity index (χ4n) is 4.13. The van der Waals surface area contributed by atoms with Crippen LogP contribution in [0.15, 0.2) is 53.0 Å². The van der Waals surface area contributed by atoms with E-state index in [9.17, 15) is 14.4 Å². The summed E-state index contributed by atoms with van der Waals surface area (Å²) in [6.45, 7) is 2.11. The first-order valence-corrected chi connectivity index (χ1v) is 10.2. The molecule has 0 spiro atoms. The maximum atomic E-state index is 13.0. The molecule has 3 unspecified atom stereocenters. The molecule has 144 valence electrons. The van der Waals surface area contributed by atoms with Crippen LogP contribution < -0.4 is 9.64 Å². The molecule has 6 heteroatoms. The Hall–Kier alpha value is -2.47. The predicted octanol–water partition coefficient (Wildman–Crippen LogP) is 4.59. The molecule has 2 amide bonds. The molecule has 2 aromatic carbocycles. The number of hydrogen-bond donors (Lipinski definition) is 0. The van der Waals surface area contributed by atoms with Crippen LogP contribution in [-0.4, -0.2) is 17.8 Å². The summed E-state index contributed by atoms with van der Waals surface area (Å²) in [7, 11) is 0. The first kappa shape index (κ1) is 18.9. The third kappa shape index (κ3) is 3.37. The average Bonchev–Trinajstić information content (AvgIpc) is 2.93. The van der Waals surface area contributed by atoms with Crippen LogP contribution in [0.4, 0.5) is 5.69 Å².